The molecule has 2 bridgehead atoms. The molecule has 2 heterocycles. The van der Waals surface area contributed by atoms with Crippen LogP contribution in [0.15, 0.2) is 59.5 Å². The Balaban J connectivity index is 1.57. The lowest BCUT2D eigenvalue weighted by Crippen LogP contribution is -2.40. The summed E-state index contributed by atoms with van der Waals surface area (Å²) >= 11 is 0. The zero-order valence-corrected chi connectivity index (χ0v) is 14.8. The highest BCUT2D eigenvalue weighted by Gasteiger charge is 2.49. The van der Waals surface area contributed by atoms with Gasteiger partial charge in [0.1, 0.15) is 0 Å². The second kappa shape index (κ2) is 5.70. The van der Waals surface area contributed by atoms with E-state index in [9.17, 15) is 8.42 Å². The van der Waals surface area contributed by atoms with Crippen molar-refractivity contribution >= 4 is 23.2 Å². The summed E-state index contributed by atoms with van der Waals surface area (Å²) in [5.74, 6) is 0. The molecule has 2 aromatic rings. The first kappa shape index (κ1) is 15.3. The number of fused-ring (bicyclic) bond motifs is 2. The van der Waals surface area contributed by atoms with Crippen molar-refractivity contribution in [1.82, 2.24) is 4.31 Å². The van der Waals surface area contributed by atoms with Gasteiger partial charge in [0.2, 0.25) is 10.0 Å². The van der Waals surface area contributed by atoms with Gasteiger partial charge in [-0.25, -0.2) is 8.42 Å². The number of benzene rings is 2. The molecule has 3 nitrogen and oxygen atoms in total. The summed E-state index contributed by atoms with van der Waals surface area (Å²) in [5, 5.41) is 1.42. The molecule has 0 radical (unpaired) electrons. The van der Waals surface area contributed by atoms with Gasteiger partial charge in [-0.2, -0.15) is 4.31 Å². The third-order valence-electron chi connectivity index (χ3n) is 4.91. The molecule has 4 rings (SSSR count). The van der Waals surface area contributed by atoms with Gasteiger partial charge in [-0.15, -0.1) is 0 Å². The third-order valence-corrected chi connectivity index (χ3v) is 9.87. The molecule has 5 heteroatoms. The van der Waals surface area contributed by atoms with Crippen molar-refractivity contribution < 1.29 is 8.42 Å². The lowest BCUT2D eigenvalue weighted by Gasteiger charge is -2.31. The molecule has 0 aromatic heterocycles. The molecule has 2 aromatic carbocycles. The van der Waals surface area contributed by atoms with Crippen LogP contribution in [0.1, 0.15) is 12.0 Å². The van der Waals surface area contributed by atoms with Crippen LogP contribution < -0.4 is 5.30 Å². The first-order valence-electron chi connectivity index (χ1n) is 7.96. The van der Waals surface area contributed by atoms with Gasteiger partial charge in [-0.1, -0.05) is 55.9 Å². The van der Waals surface area contributed by atoms with E-state index in [1.165, 1.54) is 5.30 Å². The Kier molecular flexibility index (Phi) is 3.79. The maximum absolute atomic E-state index is 12.9. The molecule has 23 heavy (non-hydrogen) atoms. The molecule has 3 atom stereocenters. The first-order valence-corrected chi connectivity index (χ1v) is 11.0. The Morgan fingerprint density at radius 2 is 1.74 bits per heavy atom. The molecular formula is C18H20NO2PS. The summed E-state index contributed by atoms with van der Waals surface area (Å²) in [4.78, 5) is 0.430. The minimum absolute atomic E-state index is 0.178. The minimum atomic E-state index is -3.35. The second-order valence-electron chi connectivity index (χ2n) is 6.42. The van der Waals surface area contributed by atoms with Gasteiger partial charge in [0.15, 0.2) is 0 Å². The molecule has 0 N–H and O–H groups in total. The molecule has 2 aliphatic heterocycles. The minimum Gasteiger partial charge on any atom is -0.207 e. The van der Waals surface area contributed by atoms with Crippen LogP contribution >= 0.6 is 7.92 Å². The van der Waals surface area contributed by atoms with E-state index in [1.807, 2.05) is 25.1 Å². The van der Waals surface area contributed by atoms with Crippen molar-refractivity contribution in [2.45, 2.75) is 29.9 Å². The van der Waals surface area contributed by atoms with Crippen molar-refractivity contribution in [1.29, 1.82) is 0 Å². The monoisotopic (exact) mass is 345 g/mol. The highest BCUT2D eigenvalue weighted by atomic mass is 32.2. The Labute approximate surface area is 139 Å². The van der Waals surface area contributed by atoms with Crippen LogP contribution in [0.25, 0.3) is 0 Å². The molecule has 0 aliphatic carbocycles. The van der Waals surface area contributed by atoms with E-state index in [2.05, 4.69) is 24.3 Å². The standard InChI is InChI=1S/C18H20NO2PS/c1-14-7-9-18(10-8-14)23(20,21)19-12-17-11-15(19)13-22(17)16-5-3-2-4-6-16/h2-10,15,17H,11-13H2,1H3/t15?,17-,22?/m1/s1. The number of rotatable bonds is 3. The lowest BCUT2D eigenvalue weighted by atomic mass is 10.2. The lowest BCUT2D eigenvalue weighted by molar-refractivity contribution is 0.408. The molecule has 0 amide bonds. The van der Waals surface area contributed by atoms with Crippen molar-refractivity contribution in [3.63, 3.8) is 0 Å². The smallest absolute Gasteiger partial charge is 0.207 e. The molecular weight excluding hydrogens is 325 g/mol. The van der Waals surface area contributed by atoms with E-state index in [4.69, 9.17) is 0 Å². The van der Waals surface area contributed by atoms with Gasteiger partial charge in [0.05, 0.1) is 4.90 Å². The van der Waals surface area contributed by atoms with E-state index < -0.39 is 10.0 Å². The Morgan fingerprint density at radius 1 is 1.04 bits per heavy atom. The fourth-order valence-electron chi connectivity index (χ4n) is 3.71. The van der Waals surface area contributed by atoms with Crippen LogP contribution in [0.5, 0.6) is 0 Å². The zero-order valence-electron chi connectivity index (χ0n) is 13.1. The zero-order chi connectivity index (χ0) is 16.0. The molecule has 0 spiro atoms. The fourth-order valence-corrected chi connectivity index (χ4v) is 8.76. The van der Waals surface area contributed by atoms with Gasteiger partial charge in [-0.05, 0) is 42.6 Å². The third kappa shape index (κ3) is 2.63. The number of hydrogen-bond donors (Lipinski definition) is 0. The van der Waals surface area contributed by atoms with Crippen molar-refractivity contribution in [2.75, 3.05) is 12.7 Å². The van der Waals surface area contributed by atoms with E-state index in [0.29, 0.717) is 17.1 Å². The topological polar surface area (TPSA) is 37.4 Å². The van der Waals surface area contributed by atoms with Crippen molar-refractivity contribution in [3.8, 4) is 0 Å². The van der Waals surface area contributed by atoms with Gasteiger partial charge in [0.25, 0.3) is 0 Å². The van der Waals surface area contributed by atoms with Gasteiger partial charge in [-0.3, -0.25) is 0 Å². The number of sulfonamides is 1. The summed E-state index contributed by atoms with van der Waals surface area (Å²) in [6.07, 6.45) is 2.03. The summed E-state index contributed by atoms with van der Waals surface area (Å²) in [6, 6.07) is 18.0. The Morgan fingerprint density at radius 3 is 2.35 bits per heavy atom. The highest BCUT2D eigenvalue weighted by molar-refractivity contribution is 7.89. The average Bonchev–Trinajstić information content (AvgIpc) is 3.17. The van der Waals surface area contributed by atoms with Crippen LogP contribution in [-0.2, 0) is 10.0 Å². The number of nitrogens with zero attached hydrogens (tertiary/aromatic N) is 1. The van der Waals surface area contributed by atoms with Gasteiger partial charge < -0.3 is 0 Å². The molecule has 2 unspecified atom stereocenters. The predicted octanol–water partition coefficient (Wildman–Crippen LogP) is 2.95. The summed E-state index contributed by atoms with van der Waals surface area (Å²) < 4.78 is 27.6. The maximum Gasteiger partial charge on any atom is 0.243 e. The molecule has 2 saturated heterocycles. The predicted molar refractivity (Wildman–Crippen MR) is 95.1 cm³/mol. The quantitative estimate of drug-likeness (QED) is 0.802. The molecule has 0 saturated carbocycles. The normalized spacial score (nSPS) is 27.4. The van der Waals surface area contributed by atoms with Crippen molar-refractivity contribution in [2.24, 2.45) is 0 Å². The second-order valence-corrected chi connectivity index (χ2v) is 10.9. The Bertz CT molecular complexity index is 805. The Hall–Kier alpha value is -1.22. The van der Waals surface area contributed by atoms with Crippen LogP contribution in [0.3, 0.4) is 0 Å². The molecule has 2 aliphatic rings. The largest absolute Gasteiger partial charge is 0.243 e. The van der Waals surface area contributed by atoms with Gasteiger partial charge in [0, 0.05) is 12.6 Å². The van der Waals surface area contributed by atoms with Crippen LogP contribution in [0, 0.1) is 6.92 Å². The summed E-state index contributed by atoms with van der Waals surface area (Å²) in [6.45, 7) is 2.66. The van der Waals surface area contributed by atoms with E-state index in [0.717, 1.165) is 18.1 Å². The van der Waals surface area contributed by atoms with E-state index in [1.54, 1.807) is 16.4 Å². The molecule has 2 fully saturated rings. The van der Waals surface area contributed by atoms with Crippen LogP contribution in [-0.4, -0.2) is 37.1 Å². The fraction of sp³-hybridized carbons (Fsp3) is 0.333. The van der Waals surface area contributed by atoms with Gasteiger partial charge >= 0.3 is 0 Å². The number of aryl methyl sites for hydroxylation is 1. The van der Waals surface area contributed by atoms with Crippen molar-refractivity contribution in [3.05, 3.63) is 60.2 Å². The average molecular weight is 345 g/mol. The molecule has 120 valence electrons. The maximum atomic E-state index is 12.9. The van der Waals surface area contributed by atoms with E-state index in [-0.39, 0.29) is 14.0 Å². The van der Waals surface area contributed by atoms with E-state index >= 15 is 0 Å². The first-order chi connectivity index (χ1) is 11.1. The highest BCUT2D eigenvalue weighted by Crippen LogP contribution is 2.55. The summed E-state index contributed by atoms with van der Waals surface area (Å²) in [7, 11) is -3.56. The van der Waals surface area contributed by atoms with Crippen LogP contribution in [0.4, 0.5) is 0 Å². The summed E-state index contributed by atoms with van der Waals surface area (Å²) in [5.41, 5.74) is 1.59. The SMILES string of the molecule is Cc1ccc(S(=O)(=O)N2C[C@H]3CC2CP3c2ccccc2)cc1. The van der Waals surface area contributed by atoms with Crippen LogP contribution in [0.2, 0.25) is 0 Å². The number of hydrogen-bond acceptors (Lipinski definition) is 2.